The number of ether oxygens (including phenoxy) is 6. The number of aromatic nitrogens is 2. The monoisotopic (exact) mass is 1400 g/mol. The number of likely N-dealkylation sites (tertiary alicyclic amines) is 2. The van der Waals surface area contributed by atoms with E-state index in [4.69, 9.17) is 28.4 Å². The quantitative estimate of drug-likeness (QED) is 0.0397. The fourth-order valence-corrected chi connectivity index (χ4v) is 14.7. The molecule has 14 rings (SSSR count). The minimum absolute atomic E-state index is 0.0170. The van der Waals surface area contributed by atoms with E-state index in [1.807, 2.05) is 121 Å². The molecule has 8 aromatic rings. The molecule has 6 aliphatic rings. The summed E-state index contributed by atoms with van der Waals surface area (Å²) in [6.45, 7) is -1.05. The van der Waals surface area contributed by atoms with Crippen molar-refractivity contribution in [2.45, 2.75) is 103 Å². The van der Waals surface area contributed by atoms with E-state index in [0.29, 0.717) is 33.6 Å². The Bertz CT molecular complexity index is 4190. The normalized spacial score (nSPS) is 18.6. The van der Waals surface area contributed by atoms with Crippen molar-refractivity contribution in [3.05, 3.63) is 238 Å². The van der Waals surface area contributed by atoms with Crippen LogP contribution >= 0.6 is 0 Å². The number of hydrogen-bond acceptors (Lipinski definition) is 14. The summed E-state index contributed by atoms with van der Waals surface area (Å²) in [5.74, 6) is -4.28. The van der Waals surface area contributed by atoms with Crippen LogP contribution in [0.5, 0.6) is 23.5 Å². The lowest BCUT2D eigenvalue weighted by atomic mass is 9.60. The molecule has 2 aliphatic carbocycles. The number of carbonyl (C=O) groups is 6. The third-order valence-electron chi connectivity index (χ3n) is 21.0. The Morgan fingerprint density at radius 1 is 0.402 bits per heavy atom. The molecule has 6 aromatic carbocycles. The van der Waals surface area contributed by atoms with Gasteiger partial charge in [-0.2, -0.15) is 36.3 Å². The molecule has 2 saturated carbocycles. The van der Waals surface area contributed by atoms with E-state index in [-0.39, 0.29) is 150 Å². The maximum absolute atomic E-state index is 15.1. The minimum Gasteiger partial charge on any atom is -0.473 e. The average Bonchev–Trinajstić information content (AvgIpc) is 0.912. The van der Waals surface area contributed by atoms with Gasteiger partial charge < -0.3 is 38.2 Å². The van der Waals surface area contributed by atoms with Crippen molar-refractivity contribution >= 4 is 46.9 Å². The minimum atomic E-state index is -4.92. The fourth-order valence-electron chi connectivity index (χ4n) is 14.7. The van der Waals surface area contributed by atoms with Crippen LogP contribution in [0.3, 0.4) is 0 Å². The van der Waals surface area contributed by atoms with Crippen molar-refractivity contribution in [1.82, 2.24) is 19.8 Å². The van der Waals surface area contributed by atoms with E-state index in [0.717, 1.165) is 22.3 Å². The largest absolute Gasteiger partial charge is 0.473 e. The Labute approximate surface area is 583 Å². The van der Waals surface area contributed by atoms with Gasteiger partial charge in [0.15, 0.2) is 0 Å². The number of hydrogen-bond donors (Lipinski definition) is 0. The Balaban J connectivity index is 0.547. The molecule has 4 fully saturated rings. The van der Waals surface area contributed by atoms with Crippen LogP contribution in [-0.2, 0) is 58.6 Å². The van der Waals surface area contributed by atoms with Crippen molar-refractivity contribution in [2.24, 2.45) is 21.7 Å². The van der Waals surface area contributed by atoms with Gasteiger partial charge in [-0.3, -0.25) is 29.0 Å². The SMILES string of the molecule is O=C(OCC1(C(F)(F)F)CCC2(CC1)CN(C(=O)c1ccc3c(c1)CN(c1ccc(OCc4ccccc4)nc1OCc1ccccc1)C3=O)C2)C(=O)OCC1(C(F)(F)F)CCC2(CC1)CN(C(=O)c1ccc3c(c1)CN(c1ccc(OCc4ccccc4)nc1OCc1ccccc1)C3=O)C2. The molecule has 4 amide bonds. The molecule has 0 bridgehead atoms. The number of pyridine rings is 2. The Morgan fingerprint density at radius 2 is 0.725 bits per heavy atom. The summed E-state index contributed by atoms with van der Waals surface area (Å²) in [5.41, 5.74) is 0.213. The second-order valence-corrected chi connectivity index (χ2v) is 27.6. The lowest BCUT2D eigenvalue weighted by molar-refractivity contribution is -0.262. The second kappa shape index (κ2) is 27.6. The van der Waals surface area contributed by atoms with E-state index in [1.54, 1.807) is 48.5 Å². The van der Waals surface area contributed by atoms with Crippen molar-refractivity contribution in [3.8, 4) is 23.5 Å². The molecular formula is C78H70F6N6O12. The highest BCUT2D eigenvalue weighted by Gasteiger charge is 2.63. The molecule has 2 spiro atoms. The number of fused-ring (bicyclic) bond motifs is 2. The van der Waals surface area contributed by atoms with Gasteiger partial charge in [0.05, 0.1) is 13.1 Å². The number of nitrogens with zero attached hydrogens (tertiary/aromatic N) is 6. The average molecular weight is 1400 g/mol. The summed E-state index contributed by atoms with van der Waals surface area (Å²) in [4.78, 5) is 97.5. The van der Waals surface area contributed by atoms with E-state index in [2.05, 4.69) is 9.97 Å². The van der Waals surface area contributed by atoms with E-state index in [1.165, 1.54) is 31.7 Å². The van der Waals surface area contributed by atoms with Gasteiger partial charge in [-0.25, -0.2) is 9.59 Å². The molecule has 4 aliphatic heterocycles. The van der Waals surface area contributed by atoms with Gasteiger partial charge >= 0.3 is 24.3 Å². The van der Waals surface area contributed by atoms with E-state index in [9.17, 15) is 28.8 Å². The molecule has 18 nitrogen and oxygen atoms in total. The summed E-state index contributed by atoms with van der Waals surface area (Å²) in [5, 5.41) is 0. The van der Waals surface area contributed by atoms with Gasteiger partial charge in [0, 0.05) is 71.4 Å². The number of anilines is 2. The second-order valence-electron chi connectivity index (χ2n) is 27.6. The topological polar surface area (TPSA) is 197 Å². The molecule has 102 heavy (non-hydrogen) atoms. The van der Waals surface area contributed by atoms with Gasteiger partial charge in [0.1, 0.15) is 61.8 Å². The molecular weight excluding hydrogens is 1330 g/mol. The number of rotatable bonds is 20. The maximum Gasteiger partial charge on any atom is 0.417 e. The molecule has 0 unspecified atom stereocenters. The van der Waals surface area contributed by atoms with Crippen LogP contribution < -0.4 is 28.7 Å². The zero-order valence-electron chi connectivity index (χ0n) is 55.3. The number of carbonyl (C=O) groups excluding carboxylic acids is 6. The van der Waals surface area contributed by atoms with Crippen LogP contribution in [0, 0.1) is 21.7 Å². The first kappa shape index (κ1) is 68.4. The number of esters is 2. The van der Waals surface area contributed by atoms with E-state index < -0.39 is 84.8 Å². The van der Waals surface area contributed by atoms with Crippen LogP contribution in [-0.4, -0.2) is 107 Å². The molecule has 2 saturated heterocycles. The van der Waals surface area contributed by atoms with Crippen molar-refractivity contribution < 1.29 is 83.5 Å². The molecule has 6 heterocycles. The van der Waals surface area contributed by atoms with Gasteiger partial charge in [0.25, 0.3) is 23.6 Å². The van der Waals surface area contributed by atoms with Crippen molar-refractivity contribution in [1.29, 1.82) is 0 Å². The summed E-state index contributed by atoms with van der Waals surface area (Å²) in [6, 6.07) is 54.1. The van der Waals surface area contributed by atoms with Gasteiger partial charge in [0.2, 0.25) is 23.5 Å². The third kappa shape index (κ3) is 13.9. The van der Waals surface area contributed by atoms with Gasteiger partial charge in [-0.05, 0) is 133 Å². The van der Waals surface area contributed by atoms with Gasteiger partial charge in [-0.1, -0.05) is 121 Å². The molecule has 526 valence electrons. The molecule has 0 atom stereocenters. The molecule has 2 aromatic heterocycles. The van der Waals surface area contributed by atoms with Crippen molar-refractivity contribution in [2.75, 3.05) is 49.2 Å². The first-order chi connectivity index (χ1) is 49.1. The number of amides is 4. The summed E-state index contributed by atoms with van der Waals surface area (Å²) >= 11 is 0. The lowest BCUT2D eigenvalue weighted by Gasteiger charge is -2.56. The Hall–Kier alpha value is -10.8. The van der Waals surface area contributed by atoms with Crippen LogP contribution in [0.1, 0.15) is 126 Å². The predicted molar refractivity (Wildman–Crippen MR) is 358 cm³/mol. The standard InChI is InChI=1S/C78H70F6N6O12/c79-77(80,81)75(33-29-73(30-34-75)45-87(46-73)67(91)55-21-23-59-57(37-55)39-89(69(59)93)61-25-27-63(97-41-51-13-5-1-6-14-51)85-65(61)99-43-53-17-9-3-10-18-53)49-101-71(95)72(96)102-50-76(78(82,83)84)35-31-74(32-36-76)47-88(48-74)68(92)56-22-24-60-58(38-56)40-90(70(60)94)62-26-28-64(98-42-52-15-7-2-8-16-52)86-66(62)100-44-54-19-11-4-12-20-54/h1-28,37-38H,29-36,39-50H2. The lowest BCUT2D eigenvalue weighted by Crippen LogP contribution is -2.61. The van der Waals surface area contributed by atoms with Crippen molar-refractivity contribution in [3.63, 3.8) is 0 Å². The molecule has 0 N–H and O–H groups in total. The predicted octanol–water partition coefficient (Wildman–Crippen LogP) is 14.0. The fraction of sp³-hybridized carbons (Fsp3) is 0.333. The number of halogens is 6. The van der Waals surface area contributed by atoms with E-state index >= 15 is 26.3 Å². The first-order valence-electron chi connectivity index (χ1n) is 33.7. The molecule has 24 heteroatoms. The highest BCUT2D eigenvalue weighted by Crippen LogP contribution is 2.58. The van der Waals surface area contributed by atoms with Crippen LogP contribution in [0.4, 0.5) is 37.7 Å². The zero-order chi connectivity index (χ0) is 71.0. The van der Waals surface area contributed by atoms with Crippen LogP contribution in [0.15, 0.2) is 182 Å². The first-order valence-corrected chi connectivity index (χ1v) is 33.7. The number of alkyl halides is 6. The smallest absolute Gasteiger partial charge is 0.417 e. The Kier molecular flexibility index (Phi) is 18.5. The van der Waals surface area contributed by atoms with Crippen LogP contribution in [0.2, 0.25) is 0 Å². The number of benzene rings is 6. The summed E-state index contributed by atoms with van der Waals surface area (Å²) < 4.78 is 125. The summed E-state index contributed by atoms with van der Waals surface area (Å²) in [7, 11) is 0. The third-order valence-corrected chi connectivity index (χ3v) is 21.0. The van der Waals surface area contributed by atoms with Gasteiger partial charge in [-0.15, -0.1) is 0 Å². The summed E-state index contributed by atoms with van der Waals surface area (Å²) in [6.07, 6.45) is -12.0. The molecule has 0 radical (unpaired) electrons. The van der Waals surface area contributed by atoms with Crippen LogP contribution in [0.25, 0.3) is 0 Å². The maximum atomic E-state index is 15.1. The highest BCUT2D eigenvalue weighted by molar-refractivity contribution is 6.29. The highest BCUT2D eigenvalue weighted by atomic mass is 19.4. The Morgan fingerprint density at radius 3 is 1.05 bits per heavy atom. The zero-order valence-corrected chi connectivity index (χ0v) is 55.3.